The standard InChI is InChI=1S/C13H15ClO/c14-12-3-1-2-10(7-12)13(15)8-9-4-5-11(13)6-9/h1-3,7,9,11,15H,4-6,8H2/t9-,11+,13+/m0/s1. The molecule has 0 spiro atoms. The van der Waals surface area contributed by atoms with E-state index in [4.69, 9.17) is 11.6 Å². The van der Waals surface area contributed by atoms with Gasteiger partial charge in [0.1, 0.15) is 0 Å². The molecule has 1 aromatic rings. The number of aliphatic hydroxyl groups is 1. The Morgan fingerprint density at radius 1 is 1.33 bits per heavy atom. The van der Waals surface area contributed by atoms with Crippen LogP contribution in [0.25, 0.3) is 0 Å². The zero-order chi connectivity index (χ0) is 10.5. The summed E-state index contributed by atoms with van der Waals surface area (Å²) >= 11 is 5.98. The van der Waals surface area contributed by atoms with Crippen molar-refractivity contribution in [2.45, 2.75) is 31.3 Å². The smallest absolute Gasteiger partial charge is 0.0927 e. The monoisotopic (exact) mass is 222 g/mol. The van der Waals surface area contributed by atoms with Crippen LogP contribution in [-0.2, 0) is 5.60 Å². The summed E-state index contributed by atoms with van der Waals surface area (Å²) in [5, 5.41) is 11.4. The number of hydrogen-bond acceptors (Lipinski definition) is 1. The third-order valence-electron chi connectivity index (χ3n) is 4.14. The lowest BCUT2D eigenvalue weighted by Gasteiger charge is -2.33. The van der Waals surface area contributed by atoms with Crippen LogP contribution in [0.1, 0.15) is 31.2 Å². The molecule has 1 aromatic carbocycles. The number of fused-ring (bicyclic) bond motifs is 2. The number of halogens is 1. The second-order valence-corrected chi connectivity index (χ2v) is 5.45. The molecule has 0 amide bonds. The SMILES string of the molecule is O[C@@]1(c2cccc(Cl)c2)C[C@H]2CC[C@@H]1C2. The van der Waals surface area contributed by atoms with Crippen LogP contribution in [0.3, 0.4) is 0 Å². The lowest BCUT2D eigenvalue weighted by atomic mass is 9.79. The molecule has 1 N–H and O–H groups in total. The summed E-state index contributed by atoms with van der Waals surface area (Å²) in [6.07, 6.45) is 4.60. The minimum absolute atomic E-state index is 0.459. The highest BCUT2D eigenvalue weighted by atomic mass is 35.5. The molecule has 2 aliphatic rings. The van der Waals surface area contributed by atoms with Crippen molar-refractivity contribution >= 4 is 11.6 Å². The van der Waals surface area contributed by atoms with Crippen LogP contribution in [0.4, 0.5) is 0 Å². The van der Waals surface area contributed by atoms with Crippen molar-refractivity contribution < 1.29 is 5.11 Å². The van der Waals surface area contributed by atoms with Crippen LogP contribution in [0.5, 0.6) is 0 Å². The second-order valence-electron chi connectivity index (χ2n) is 5.01. The summed E-state index contributed by atoms with van der Waals surface area (Å²) in [4.78, 5) is 0. The topological polar surface area (TPSA) is 20.2 Å². The fraction of sp³-hybridized carbons (Fsp3) is 0.538. The maximum Gasteiger partial charge on any atom is 0.0927 e. The van der Waals surface area contributed by atoms with Gasteiger partial charge in [-0.15, -0.1) is 0 Å². The molecule has 2 aliphatic carbocycles. The van der Waals surface area contributed by atoms with Gasteiger partial charge in [-0.05, 0) is 55.2 Å². The van der Waals surface area contributed by atoms with E-state index >= 15 is 0 Å². The van der Waals surface area contributed by atoms with Gasteiger partial charge in [-0.3, -0.25) is 0 Å². The van der Waals surface area contributed by atoms with Crippen LogP contribution in [0.2, 0.25) is 5.02 Å². The highest BCUT2D eigenvalue weighted by Crippen LogP contribution is 2.55. The Bertz CT molecular complexity index is 390. The molecular formula is C13H15ClO. The molecule has 3 atom stereocenters. The van der Waals surface area contributed by atoms with E-state index < -0.39 is 5.60 Å². The first-order valence-electron chi connectivity index (χ1n) is 5.67. The molecule has 0 heterocycles. The van der Waals surface area contributed by atoms with Gasteiger partial charge in [0, 0.05) is 5.02 Å². The zero-order valence-electron chi connectivity index (χ0n) is 8.62. The van der Waals surface area contributed by atoms with Crippen molar-refractivity contribution in [3.05, 3.63) is 34.9 Å². The van der Waals surface area contributed by atoms with Crippen molar-refractivity contribution in [1.29, 1.82) is 0 Å². The number of rotatable bonds is 1. The summed E-state index contributed by atoms with van der Waals surface area (Å²) in [5.74, 6) is 1.19. The highest BCUT2D eigenvalue weighted by Gasteiger charge is 2.50. The fourth-order valence-corrected chi connectivity index (χ4v) is 3.60. The molecule has 2 heteroatoms. The van der Waals surface area contributed by atoms with E-state index in [2.05, 4.69) is 0 Å². The van der Waals surface area contributed by atoms with Crippen molar-refractivity contribution in [3.63, 3.8) is 0 Å². The molecule has 0 unspecified atom stereocenters. The molecule has 0 aliphatic heterocycles. The fourth-order valence-electron chi connectivity index (χ4n) is 3.41. The lowest BCUT2D eigenvalue weighted by Crippen LogP contribution is -2.32. The molecule has 1 nitrogen and oxygen atoms in total. The molecule has 15 heavy (non-hydrogen) atoms. The second kappa shape index (κ2) is 3.23. The van der Waals surface area contributed by atoms with E-state index in [1.54, 1.807) is 0 Å². The Kier molecular flexibility index (Phi) is 2.08. The molecule has 2 saturated carbocycles. The molecule has 2 bridgehead atoms. The van der Waals surface area contributed by atoms with E-state index in [1.165, 1.54) is 19.3 Å². The first-order valence-corrected chi connectivity index (χ1v) is 6.05. The molecule has 3 rings (SSSR count). The van der Waals surface area contributed by atoms with E-state index in [0.717, 1.165) is 22.9 Å². The first kappa shape index (κ1) is 9.68. The Morgan fingerprint density at radius 3 is 2.80 bits per heavy atom. The van der Waals surface area contributed by atoms with Gasteiger partial charge in [0.05, 0.1) is 5.60 Å². The van der Waals surface area contributed by atoms with Crippen molar-refractivity contribution in [3.8, 4) is 0 Å². The zero-order valence-corrected chi connectivity index (χ0v) is 9.37. The predicted octanol–water partition coefficient (Wildman–Crippen LogP) is 3.35. The molecule has 0 saturated heterocycles. The van der Waals surface area contributed by atoms with E-state index in [-0.39, 0.29) is 0 Å². The van der Waals surface area contributed by atoms with Crippen molar-refractivity contribution in [1.82, 2.24) is 0 Å². The number of hydrogen-bond donors (Lipinski definition) is 1. The summed E-state index contributed by atoms with van der Waals surface area (Å²) in [5.41, 5.74) is 0.426. The van der Waals surface area contributed by atoms with E-state index in [0.29, 0.717) is 5.92 Å². The van der Waals surface area contributed by atoms with Crippen molar-refractivity contribution in [2.75, 3.05) is 0 Å². The molecule has 80 valence electrons. The summed E-state index contributed by atoms with van der Waals surface area (Å²) in [6.45, 7) is 0. The van der Waals surface area contributed by atoms with Gasteiger partial charge in [-0.25, -0.2) is 0 Å². The average molecular weight is 223 g/mol. The Hall–Kier alpha value is -0.530. The van der Waals surface area contributed by atoms with Crippen LogP contribution >= 0.6 is 11.6 Å². The predicted molar refractivity (Wildman–Crippen MR) is 60.8 cm³/mol. The van der Waals surface area contributed by atoms with Crippen LogP contribution in [0.15, 0.2) is 24.3 Å². The Labute approximate surface area is 95.1 Å². The quantitative estimate of drug-likeness (QED) is 0.773. The van der Waals surface area contributed by atoms with Gasteiger partial charge < -0.3 is 5.11 Å². The summed E-state index contributed by atoms with van der Waals surface area (Å²) < 4.78 is 0. The highest BCUT2D eigenvalue weighted by molar-refractivity contribution is 6.30. The van der Waals surface area contributed by atoms with Gasteiger partial charge >= 0.3 is 0 Å². The maximum atomic E-state index is 10.7. The maximum absolute atomic E-state index is 10.7. The Morgan fingerprint density at radius 2 is 2.20 bits per heavy atom. The normalized spacial score (nSPS) is 38.5. The molecular weight excluding hydrogens is 208 g/mol. The third-order valence-corrected chi connectivity index (χ3v) is 4.38. The van der Waals surface area contributed by atoms with Gasteiger partial charge in [-0.1, -0.05) is 23.7 Å². The van der Waals surface area contributed by atoms with Gasteiger partial charge in [0.2, 0.25) is 0 Å². The van der Waals surface area contributed by atoms with Crippen LogP contribution in [0, 0.1) is 11.8 Å². The van der Waals surface area contributed by atoms with Gasteiger partial charge in [0.15, 0.2) is 0 Å². The minimum atomic E-state index is -0.589. The lowest BCUT2D eigenvalue weighted by molar-refractivity contribution is -0.0182. The largest absolute Gasteiger partial charge is 0.385 e. The molecule has 0 aromatic heterocycles. The van der Waals surface area contributed by atoms with E-state index in [9.17, 15) is 5.11 Å². The van der Waals surface area contributed by atoms with Crippen LogP contribution in [-0.4, -0.2) is 5.11 Å². The number of benzene rings is 1. The summed E-state index contributed by atoms with van der Waals surface area (Å²) in [7, 11) is 0. The molecule has 0 radical (unpaired) electrons. The third kappa shape index (κ3) is 1.41. The molecule has 2 fully saturated rings. The summed E-state index contributed by atoms with van der Waals surface area (Å²) in [6, 6.07) is 7.72. The first-order chi connectivity index (χ1) is 7.18. The van der Waals surface area contributed by atoms with Crippen molar-refractivity contribution in [2.24, 2.45) is 11.8 Å². The van der Waals surface area contributed by atoms with Crippen LogP contribution < -0.4 is 0 Å². The van der Waals surface area contributed by atoms with E-state index in [1.807, 2.05) is 24.3 Å². The van der Waals surface area contributed by atoms with Gasteiger partial charge in [-0.2, -0.15) is 0 Å². The van der Waals surface area contributed by atoms with Gasteiger partial charge in [0.25, 0.3) is 0 Å². The Balaban J connectivity index is 2.00. The minimum Gasteiger partial charge on any atom is -0.385 e. The average Bonchev–Trinajstić information content (AvgIpc) is 2.78.